The van der Waals surface area contributed by atoms with Gasteiger partial charge in [0.25, 0.3) is 0 Å². The Morgan fingerprint density at radius 3 is 2.81 bits per heavy atom. The van der Waals surface area contributed by atoms with Gasteiger partial charge in [0.2, 0.25) is 0 Å². The summed E-state index contributed by atoms with van der Waals surface area (Å²) in [4.78, 5) is 4.85. The molecule has 0 amide bonds. The summed E-state index contributed by atoms with van der Waals surface area (Å²) in [6.07, 6.45) is 6.94. The van der Waals surface area contributed by atoms with Crippen molar-refractivity contribution in [2.24, 2.45) is 11.1 Å². The molecule has 0 unspecified atom stereocenters. The monoisotopic (exact) mass is 299 g/mol. The Morgan fingerprint density at radius 1 is 1.38 bits per heavy atom. The molecule has 1 aliphatic rings. The number of nitrogens with two attached hydrogens (primary N) is 1. The molecular weight excluding hydrogens is 278 g/mol. The van der Waals surface area contributed by atoms with Gasteiger partial charge in [0, 0.05) is 18.1 Å². The maximum Gasteiger partial charge on any atom is 0.107 e. The molecule has 0 saturated heterocycles. The molecule has 1 saturated carbocycles. The van der Waals surface area contributed by atoms with E-state index in [2.05, 4.69) is 23.3 Å². The summed E-state index contributed by atoms with van der Waals surface area (Å²) in [5.41, 5.74) is 9.20. The minimum absolute atomic E-state index is 0.399. The lowest BCUT2D eigenvalue weighted by molar-refractivity contribution is 0.486. The molecule has 1 aliphatic carbocycles. The van der Waals surface area contributed by atoms with Crippen LogP contribution in [-0.2, 0) is 0 Å². The van der Waals surface area contributed by atoms with Gasteiger partial charge in [0.15, 0.2) is 0 Å². The highest BCUT2D eigenvalue weighted by atomic mass is 32.1. The molecule has 0 atom stereocenters. The first kappa shape index (κ1) is 14.3. The van der Waals surface area contributed by atoms with E-state index >= 15 is 0 Å². The number of nitrogens with zero attached hydrogens (tertiary/aromatic N) is 1. The van der Waals surface area contributed by atoms with Gasteiger partial charge in [0.05, 0.1) is 16.8 Å². The number of para-hydroxylation sites is 1. The highest BCUT2D eigenvalue weighted by molar-refractivity contribution is 7.80. The van der Waals surface area contributed by atoms with Crippen LogP contribution < -0.4 is 11.1 Å². The molecule has 21 heavy (non-hydrogen) atoms. The van der Waals surface area contributed by atoms with E-state index in [0.29, 0.717) is 10.4 Å². The standard InChI is InChI=1S/C17H21N3S/c1-2-7-17(8-9-17)11-20-15-12-5-3-4-6-14(12)19-10-13(15)16(18)21/h3-6,10H,2,7-9,11H2,1H3,(H2,18,21)(H,19,20). The van der Waals surface area contributed by atoms with Crippen molar-refractivity contribution in [2.75, 3.05) is 11.9 Å². The molecule has 0 bridgehead atoms. The van der Waals surface area contributed by atoms with Crippen LogP contribution in [0.3, 0.4) is 0 Å². The van der Waals surface area contributed by atoms with Crippen molar-refractivity contribution in [3.8, 4) is 0 Å². The number of anilines is 1. The molecule has 110 valence electrons. The van der Waals surface area contributed by atoms with E-state index in [9.17, 15) is 0 Å². The van der Waals surface area contributed by atoms with Gasteiger partial charge in [-0.2, -0.15) is 0 Å². The third-order valence-electron chi connectivity index (χ3n) is 4.42. The van der Waals surface area contributed by atoms with Crippen molar-refractivity contribution in [3.63, 3.8) is 0 Å². The maximum absolute atomic E-state index is 5.87. The van der Waals surface area contributed by atoms with Gasteiger partial charge in [-0.1, -0.05) is 43.8 Å². The summed E-state index contributed by atoms with van der Waals surface area (Å²) in [6.45, 7) is 3.24. The lowest BCUT2D eigenvalue weighted by Crippen LogP contribution is -2.19. The van der Waals surface area contributed by atoms with Gasteiger partial charge in [0.1, 0.15) is 4.99 Å². The van der Waals surface area contributed by atoms with Crippen molar-refractivity contribution in [1.29, 1.82) is 0 Å². The Kier molecular flexibility index (Phi) is 3.81. The van der Waals surface area contributed by atoms with Crippen LogP contribution in [-0.4, -0.2) is 16.5 Å². The lowest BCUT2D eigenvalue weighted by Gasteiger charge is -2.19. The summed E-state index contributed by atoms with van der Waals surface area (Å²) in [7, 11) is 0. The zero-order valence-corrected chi connectivity index (χ0v) is 13.2. The number of benzene rings is 1. The fourth-order valence-corrected chi connectivity index (χ4v) is 3.17. The number of aromatic nitrogens is 1. The Hall–Kier alpha value is -1.68. The summed E-state index contributed by atoms with van der Waals surface area (Å²) in [6, 6.07) is 8.12. The van der Waals surface area contributed by atoms with Crippen molar-refractivity contribution < 1.29 is 0 Å². The first-order valence-corrected chi connectivity index (χ1v) is 7.97. The van der Waals surface area contributed by atoms with Crippen LogP contribution in [0.2, 0.25) is 0 Å². The molecule has 3 nitrogen and oxygen atoms in total. The van der Waals surface area contributed by atoms with E-state index in [1.165, 1.54) is 25.7 Å². The van der Waals surface area contributed by atoms with E-state index in [4.69, 9.17) is 18.0 Å². The molecule has 0 spiro atoms. The molecule has 3 rings (SSSR count). The van der Waals surface area contributed by atoms with E-state index in [1.807, 2.05) is 18.2 Å². The largest absolute Gasteiger partial charge is 0.389 e. The fraction of sp³-hybridized carbons (Fsp3) is 0.412. The molecule has 2 aromatic rings. The Labute approximate surface area is 130 Å². The number of hydrogen-bond acceptors (Lipinski definition) is 3. The summed E-state index contributed by atoms with van der Waals surface area (Å²) in [5, 5.41) is 4.71. The van der Waals surface area contributed by atoms with E-state index in [1.54, 1.807) is 6.20 Å². The fourth-order valence-electron chi connectivity index (χ4n) is 3.02. The van der Waals surface area contributed by atoms with Gasteiger partial charge in [-0.3, -0.25) is 4.98 Å². The highest BCUT2D eigenvalue weighted by Crippen LogP contribution is 2.49. The molecule has 0 radical (unpaired) electrons. The van der Waals surface area contributed by atoms with Crippen molar-refractivity contribution in [2.45, 2.75) is 32.6 Å². The predicted molar refractivity (Wildman–Crippen MR) is 92.7 cm³/mol. The van der Waals surface area contributed by atoms with Gasteiger partial charge in [-0.25, -0.2) is 0 Å². The molecule has 1 fully saturated rings. The number of rotatable bonds is 6. The molecule has 1 aromatic carbocycles. The van der Waals surface area contributed by atoms with Gasteiger partial charge < -0.3 is 11.1 Å². The van der Waals surface area contributed by atoms with Crippen molar-refractivity contribution in [3.05, 3.63) is 36.0 Å². The summed E-state index contributed by atoms with van der Waals surface area (Å²) >= 11 is 5.18. The average molecular weight is 299 g/mol. The molecule has 3 N–H and O–H groups in total. The number of hydrogen-bond donors (Lipinski definition) is 2. The number of pyridine rings is 1. The molecule has 0 aliphatic heterocycles. The third-order valence-corrected chi connectivity index (χ3v) is 4.64. The van der Waals surface area contributed by atoms with Crippen LogP contribution >= 0.6 is 12.2 Å². The lowest BCUT2D eigenvalue weighted by atomic mass is 10.00. The summed E-state index contributed by atoms with van der Waals surface area (Å²) < 4.78 is 0. The normalized spacial score (nSPS) is 15.9. The van der Waals surface area contributed by atoms with E-state index in [-0.39, 0.29) is 0 Å². The van der Waals surface area contributed by atoms with Crippen molar-refractivity contribution in [1.82, 2.24) is 4.98 Å². The third kappa shape index (κ3) is 2.86. The molecular formula is C17H21N3S. The highest BCUT2D eigenvalue weighted by Gasteiger charge is 2.41. The van der Waals surface area contributed by atoms with Gasteiger partial charge >= 0.3 is 0 Å². The first-order valence-electron chi connectivity index (χ1n) is 7.57. The molecule has 4 heteroatoms. The number of nitrogens with one attached hydrogen (secondary N) is 1. The topological polar surface area (TPSA) is 50.9 Å². The van der Waals surface area contributed by atoms with Gasteiger partial charge in [-0.05, 0) is 30.7 Å². The second-order valence-corrected chi connectivity index (χ2v) is 6.47. The smallest absolute Gasteiger partial charge is 0.107 e. The van der Waals surface area contributed by atoms with Crippen molar-refractivity contribution >= 4 is 33.8 Å². The van der Waals surface area contributed by atoms with Crippen LogP contribution in [0, 0.1) is 5.41 Å². The second kappa shape index (κ2) is 5.60. The maximum atomic E-state index is 5.87. The minimum Gasteiger partial charge on any atom is -0.389 e. The van der Waals surface area contributed by atoms with Crippen LogP contribution in [0.4, 0.5) is 5.69 Å². The Morgan fingerprint density at radius 2 is 2.14 bits per heavy atom. The van der Waals surface area contributed by atoms with E-state index < -0.39 is 0 Å². The Bertz CT molecular complexity index is 677. The second-order valence-electron chi connectivity index (χ2n) is 6.03. The predicted octanol–water partition coefficient (Wildman–Crippen LogP) is 3.86. The number of thiocarbonyl (C=S) groups is 1. The summed E-state index contributed by atoms with van der Waals surface area (Å²) in [5.74, 6) is 0. The van der Waals surface area contributed by atoms with E-state index in [0.717, 1.165) is 28.7 Å². The number of fused-ring (bicyclic) bond motifs is 1. The SMILES string of the molecule is CCCC1(CNc2c(C(N)=S)cnc3ccccc23)CC1. The van der Waals surface area contributed by atoms with Gasteiger partial charge in [-0.15, -0.1) is 0 Å². The zero-order valence-electron chi connectivity index (χ0n) is 12.4. The zero-order chi connectivity index (χ0) is 14.9. The molecule has 1 heterocycles. The van der Waals surface area contributed by atoms with Crippen LogP contribution in [0.25, 0.3) is 10.9 Å². The Balaban J connectivity index is 1.95. The first-order chi connectivity index (χ1) is 10.2. The van der Waals surface area contributed by atoms with Crippen LogP contribution in [0.1, 0.15) is 38.2 Å². The quantitative estimate of drug-likeness (QED) is 0.795. The average Bonchev–Trinajstić information content (AvgIpc) is 3.25. The minimum atomic E-state index is 0.399. The molecule has 1 aromatic heterocycles. The van der Waals surface area contributed by atoms with Crippen LogP contribution in [0.15, 0.2) is 30.5 Å². The van der Waals surface area contributed by atoms with Crippen LogP contribution in [0.5, 0.6) is 0 Å².